The molecule has 0 saturated carbocycles. The van der Waals surface area contributed by atoms with Crippen LogP contribution in [-0.2, 0) is 15.7 Å². The number of hydrogen-bond acceptors (Lipinski definition) is 6. The van der Waals surface area contributed by atoms with Crippen LogP contribution in [0.2, 0.25) is 0 Å². The summed E-state index contributed by atoms with van der Waals surface area (Å²) in [5.41, 5.74) is 4.91. The highest BCUT2D eigenvalue weighted by molar-refractivity contribution is 6.07. The highest BCUT2D eigenvalue weighted by Gasteiger charge is 2.47. The van der Waals surface area contributed by atoms with Gasteiger partial charge in [0.05, 0.1) is 43.6 Å². The van der Waals surface area contributed by atoms with Crippen LogP contribution in [0.1, 0.15) is 60.4 Å². The summed E-state index contributed by atoms with van der Waals surface area (Å²) in [6, 6.07) is 24.2. The van der Waals surface area contributed by atoms with Gasteiger partial charge in [-0.25, -0.2) is 4.98 Å². The molecule has 42 heavy (non-hydrogen) atoms. The molecule has 4 aromatic rings. The molecular formula is C35H38N4O3. The van der Waals surface area contributed by atoms with E-state index in [1.54, 1.807) is 7.11 Å². The molecule has 216 valence electrons. The van der Waals surface area contributed by atoms with Gasteiger partial charge in [-0.3, -0.25) is 10.2 Å². The van der Waals surface area contributed by atoms with Gasteiger partial charge in [0.2, 0.25) is 0 Å². The zero-order chi connectivity index (χ0) is 29.6. The highest BCUT2D eigenvalue weighted by atomic mass is 16.5. The number of methoxy groups -OCH3 is 1. The predicted molar refractivity (Wildman–Crippen MR) is 167 cm³/mol. The first-order valence-corrected chi connectivity index (χ1v) is 14.5. The van der Waals surface area contributed by atoms with Crippen LogP contribution in [0.25, 0.3) is 10.9 Å². The quantitative estimate of drug-likeness (QED) is 0.284. The number of aromatic nitrogens is 1. The van der Waals surface area contributed by atoms with Crippen LogP contribution in [0.15, 0.2) is 72.8 Å². The van der Waals surface area contributed by atoms with Crippen LogP contribution in [0, 0.1) is 5.41 Å². The van der Waals surface area contributed by atoms with Crippen molar-refractivity contribution in [3.63, 3.8) is 0 Å². The Labute approximate surface area is 247 Å². The average Bonchev–Trinajstić information content (AvgIpc) is 3.21. The first-order chi connectivity index (χ1) is 20.1. The lowest BCUT2D eigenvalue weighted by molar-refractivity contribution is 0.0930. The lowest BCUT2D eigenvalue weighted by Gasteiger charge is -2.37. The molecule has 3 heterocycles. The molecular weight excluding hydrogens is 524 g/mol. The third kappa shape index (κ3) is 4.62. The monoisotopic (exact) mass is 562 g/mol. The van der Waals surface area contributed by atoms with Gasteiger partial charge < -0.3 is 19.3 Å². The van der Waals surface area contributed by atoms with Crippen molar-refractivity contribution in [3.05, 3.63) is 101 Å². The van der Waals surface area contributed by atoms with Crippen molar-refractivity contribution < 1.29 is 14.3 Å². The summed E-state index contributed by atoms with van der Waals surface area (Å²) in [6.45, 7) is 11.3. The first-order valence-electron chi connectivity index (χ1n) is 14.5. The van der Waals surface area contributed by atoms with E-state index < -0.39 is 5.54 Å². The van der Waals surface area contributed by atoms with Gasteiger partial charge in [-0.1, -0.05) is 69.3 Å². The van der Waals surface area contributed by atoms with Crippen molar-refractivity contribution in [2.24, 2.45) is 0 Å². The van der Waals surface area contributed by atoms with Gasteiger partial charge in [-0.2, -0.15) is 0 Å². The molecule has 2 aliphatic rings. The first kappa shape index (κ1) is 27.9. The zero-order valence-corrected chi connectivity index (χ0v) is 25.0. The van der Waals surface area contributed by atoms with Crippen LogP contribution in [-0.4, -0.2) is 61.5 Å². The number of benzene rings is 3. The smallest absolute Gasteiger partial charge is 0.182 e. The van der Waals surface area contributed by atoms with E-state index >= 15 is 0 Å². The maximum atomic E-state index is 14.3. The van der Waals surface area contributed by atoms with Gasteiger partial charge in [0, 0.05) is 35.2 Å². The summed E-state index contributed by atoms with van der Waals surface area (Å²) in [5.74, 6) is 1.00. The van der Waals surface area contributed by atoms with Crippen LogP contribution in [0.5, 0.6) is 5.75 Å². The number of morpholine rings is 1. The molecule has 1 saturated heterocycles. The number of nitrogens with one attached hydrogen (secondary N) is 1. The Hall–Kier alpha value is -4.23. The Morgan fingerprint density at radius 3 is 2.40 bits per heavy atom. The predicted octanol–water partition coefficient (Wildman–Crippen LogP) is 6.16. The zero-order valence-electron chi connectivity index (χ0n) is 25.0. The third-order valence-electron chi connectivity index (χ3n) is 8.68. The van der Waals surface area contributed by atoms with Gasteiger partial charge >= 0.3 is 0 Å². The molecule has 1 atom stereocenters. The van der Waals surface area contributed by atoms with Crippen LogP contribution in [0.4, 0.5) is 5.69 Å². The van der Waals surface area contributed by atoms with Crippen molar-refractivity contribution in [3.8, 4) is 5.75 Å². The Bertz CT molecular complexity index is 1670. The number of hydrogen-bond donors (Lipinski definition) is 1. The summed E-state index contributed by atoms with van der Waals surface area (Å²) < 4.78 is 11.6. The highest BCUT2D eigenvalue weighted by Crippen LogP contribution is 2.45. The molecule has 7 heteroatoms. The normalized spacial score (nSPS) is 18.8. The van der Waals surface area contributed by atoms with Crippen molar-refractivity contribution >= 4 is 28.2 Å². The Morgan fingerprint density at radius 2 is 1.71 bits per heavy atom. The van der Waals surface area contributed by atoms with E-state index in [4.69, 9.17) is 14.5 Å². The lowest BCUT2D eigenvalue weighted by atomic mass is 9.83. The molecule has 0 amide bonds. The molecule has 1 unspecified atom stereocenters. The fourth-order valence-electron chi connectivity index (χ4n) is 6.30. The van der Waals surface area contributed by atoms with E-state index in [1.807, 2.05) is 59.5 Å². The second kappa shape index (κ2) is 10.6. The van der Waals surface area contributed by atoms with Crippen LogP contribution >= 0.6 is 0 Å². The van der Waals surface area contributed by atoms with Crippen molar-refractivity contribution in [2.45, 2.75) is 38.6 Å². The molecule has 1 N–H and O–H groups in total. The molecule has 0 spiro atoms. The summed E-state index contributed by atoms with van der Waals surface area (Å²) >= 11 is 0. The maximum absolute atomic E-state index is 14.3. The average molecular weight is 563 g/mol. The minimum atomic E-state index is -0.743. The number of Topliss-reactive ketones (excluding diaryl/α,β-unsaturated/α-hetero) is 1. The molecule has 0 radical (unpaired) electrons. The Morgan fingerprint density at radius 1 is 1.02 bits per heavy atom. The van der Waals surface area contributed by atoms with Crippen molar-refractivity contribution in [1.29, 1.82) is 5.41 Å². The SMILES string of the molecule is COc1c(N2CCOCC2)cc(C(=O)CN2C(=N)c3nc4ccccc4cc3C2(C)c2ccccc2)cc1C(C)(C)C. The van der Waals surface area contributed by atoms with Crippen LogP contribution in [0.3, 0.4) is 0 Å². The van der Waals surface area contributed by atoms with Crippen LogP contribution < -0.4 is 9.64 Å². The summed E-state index contributed by atoms with van der Waals surface area (Å²) in [4.78, 5) is 23.4. The molecule has 6 rings (SSSR count). The number of rotatable bonds is 6. The van der Waals surface area contributed by atoms with E-state index in [2.05, 4.69) is 50.8 Å². The van der Waals surface area contributed by atoms with Gasteiger partial charge in [-0.05, 0) is 42.2 Å². The standard InChI is InChI=1S/C35H38N4O3/c1-34(2,3)27-20-24(21-29(32(27)41-5)38-15-17-42-18-16-38)30(40)22-39-33(36)31-26(19-23-11-9-10-14-28(23)37-31)35(39,4)25-12-7-6-8-13-25/h6-14,19-21,36H,15-18,22H2,1-5H3. The van der Waals surface area contributed by atoms with E-state index in [0.717, 1.165) is 52.1 Å². The van der Waals surface area contributed by atoms with E-state index in [0.29, 0.717) is 24.5 Å². The molecule has 7 nitrogen and oxygen atoms in total. The molecule has 0 bridgehead atoms. The summed E-state index contributed by atoms with van der Waals surface area (Å²) in [7, 11) is 1.70. The minimum absolute atomic E-state index is 0.0371. The van der Waals surface area contributed by atoms with Gasteiger partial charge in [0.15, 0.2) is 5.78 Å². The Kier molecular flexibility index (Phi) is 7.01. The molecule has 1 fully saturated rings. The second-order valence-electron chi connectivity index (χ2n) is 12.3. The number of pyridine rings is 1. The molecule has 2 aliphatic heterocycles. The van der Waals surface area contributed by atoms with E-state index in [1.165, 1.54) is 0 Å². The number of ether oxygens (including phenoxy) is 2. The van der Waals surface area contributed by atoms with E-state index in [9.17, 15) is 10.2 Å². The third-order valence-corrected chi connectivity index (χ3v) is 8.68. The number of nitrogens with zero attached hydrogens (tertiary/aromatic N) is 3. The van der Waals surface area contributed by atoms with Gasteiger partial charge in [0.25, 0.3) is 0 Å². The minimum Gasteiger partial charge on any atom is -0.494 e. The van der Waals surface area contributed by atoms with Crippen molar-refractivity contribution in [2.75, 3.05) is 44.9 Å². The number of para-hydroxylation sites is 1. The number of fused-ring (bicyclic) bond motifs is 2. The van der Waals surface area contributed by atoms with Gasteiger partial charge in [-0.15, -0.1) is 0 Å². The number of amidine groups is 1. The fourth-order valence-corrected chi connectivity index (χ4v) is 6.30. The molecule has 3 aromatic carbocycles. The topological polar surface area (TPSA) is 78.8 Å². The fraction of sp³-hybridized carbons (Fsp3) is 0.343. The second-order valence-corrected chi connectivity index (χ2v) is 12.3. The summed E-state index contributed by atoms with van der Waals surface area (Å²) in [5, 5.41) is 10.3. The van der Waals surface area contributed by atoms with Crippen molar-refractivity contribution in [1.82, 2.24) is 9.88 Å². The largest absolute Gasteiger partial charge is 0.494 e. The lowest BCUT2D eigenvalue weighted by Crippen LogP contribution is -2.45. The Balaban J connectivity index is 1.46. The molecule has 1 aromatic heterocycles. The molecule has 0 aliphatic carbocycles. The van der Waals surface area contributed by atoms with Gasteiger partial charge in [0.1, 0.15) is 17.3 Å². The maximum Gasteiger partial charge on any atom is 0.182 e. The summed E-state index contributed by atoms with van der Waals surface area (Å²) in [6.07, 6.45) is 0. The van der Waals surface area contributed by atoms with E-state index in [-0.39, 0.29) is 23.6 Å². The number of ketones is 1. The number of carbonyl (C=O) groups excluding carboxylic acids is 1. The number of anilines is 1. The number of carbonyl (C=O) groups is 1.